The van der Waals surface area contributed by atoms with Crippen molar-refractivity contribution in [1.29, 1.82) is 0 Å². The number of nitrogens with one attached hydrogen (secondary N) is 2. The Hall–Kier alpha value is -1.98. The second kappa shape index (κ2) is 9.25. The first kappa shape index (κ1) is 23.7. The van der Waals surface area contributed by atoms with Gasteiger partial charge in [-0.3, -0.25) is 4.79 Å². The van der Waals surface area contributed by atoms with E-state index >= 15 is 0 Å². The van der Waals surface area contributed by atoms with Gasteiger partial charge in [0.2, 0.25) is 26.0 Å². The summed E-state index contributed by atoms with van der Waals surface area (Å²) in [5, 5.41) is 3.25. The van der Waals surface area contributed by atoms with E-state index in [1.165, 1.54) is 47.8 Å². The molecule has 1 saturated heterocycles. The number of hydrogen-bond donors (Lipinski definition) is 2. The topological polar surface area (TPSA) is 113 Å². The van der Waals surface area contributed by atoms with Crippen molar-refractivity contribution in [2.24, 2.45) is 5.92 Å². The molecule has 1 aliphatic rings. The first-order chi connectivity index (χ1) is 14.5. The van der Waals surface area contributed by atoms with Gasteiger partial charge in [0.05, 0.1) is 9.79 Å². The van der Waals surface area contributed by atoms with Crippen molar-refractivity contribution in [3.05, 3.63) is 53.1 Å². The van der Waals surface area contributed by atoms with Crippen LogP contribution in [-0.4, -0.2) is 47.2 Å². The minimum Gasteiger partial charge on any atom is -0.326 e. The molecule has 8 nitrogen and oxygen atoms in total. The SMILES string of the molecule is CNS(=O)(=O)c1ccc(C)c(NC(=O)C2CCN(S(=O)(=O)c3ccc(Cl)cc3)CC2)c1. The number of anilines is 1. The van der Waals surface area contributed by atoms with Crippen LogP contribution in [0.1, 0.15) is 18.4 Å². The lowest BCUT2D eigenvalue weighted by atomic mass is 9.97. The summed E-state index contributed by atoms with van der Waals surface area (Å²) in [7, 11) is -5.96. The molecule has 1 aliphatic heterocycles. The molecule has 0 aromatic heterocycles. The van der Waals surface area contributed by atoms with E-state index in [-0.39, 0.29) is 34.7 Å². The predicted molar refractivity (Wildman–Crippen MR) is 119 cm³/mol. The molecule has 0 bridgehead atoms. The summed E-state index contributed by atoms with van der Waals surface area (Å²) in [5.41, 5.74) is 1.14. The average molecular weight is 486 g/mol. The van der Waals surface area contributed by atoms with Crippen LogP contribution in [0.3, 0.4) is 0 Å². The number of rotatable bonds is 6. The highest BCUT2D eigenvalue weighted by molar-refractivity contribution is 7.89. The van der Waals surface area contributed by atoms with Crippen molar-refractivity contribution in [1.82, 2.24) is 9.03 Å². The molecule has 0 aliphatic carbocycles. The first-order valence-corrected chi connectivity index (χ1v) is 13.0. The van der Waals surface area contributed by atoms with Gasteiger partial charge in [-0.25, -0.2) is 21.6 Å². The van der Waals surface area contributed by atoms with Gasteiger partial charge in [-0.15, -0.1) is 0 Å². The minimum absolute atomic E-state index is 0.0553. The van der Waals surface area contributed by atoms with Crippen LogP contribution in [0.2, 0.25) is 5.02 Å². The van der Waals surface area contributed by atoms with Gasteiger partial charge in [0.1, 0.15) is 0 Å². The fourth-order valence-corrected chi connectivity index (χ4v) is 5.72. The molecule has 31 heavy (non-hydrogen) atoms. The van der Waals surface area contributed by atoms with Crippen molar-refractivity contribution >= 4 is 43.2 Å². The Kier molecular flexibility index (Phi) is 7.07. The Morgan fingerprint density at radius 1 is 1.00 bits per heavy atom. The van der Waals surface area contributed by atoms with E-state index in [1.807, 2.05) is 0 Å². The molecule has 3 rings (SSSR count). The number of aryl methyl sites for hydroxylation is 1. The van der Waals surface area contributed by atoms with E-state index < -0.39 is 20.0 Å². The maximum atomic E-state index is 12.8. The molecule has 2 N–H and O–H groups in total. The normalized spacial score (nSPS) is 16.2. The van der Waals surface area contributed by atoms with Crippen LogP contribution in [-0.2, 0) is 24.8 Å². The third-order valence-corrected chi connectivity index (χ3v) is 8.90. The number of benzene rings is 2. The van der Waals surface area contributed by atoms with Gasteiger partial charge in [0, 0.05) is 29.7 Å². The summed E-state index contributed by atoms with van der Waals surface area (Å²) in [4.78, 5) is 13.0. The summed E-state index contributed by atoms with van der Waals surface area (Å²) in [6, 6.07) is 10.5. The highest BCUT2D eigenvalue weighted by Crippen LogP contribution is 2.27. The summed E-state index contributed by atoms with van der Waals surface area (Å²) in [6.07, 6.45) is 0.735. The molecule has 1 heterocycles. The summed E-state index contributed by atoms with van der Waals surface area (Å²) in [6.45, 7) is 2.21. The van der Waals surface area contributed by atoms with Crippen LogP contribution in [0.5, 0.6) is 0 Å². The molecule has 11 heteroatoms. The molecule has 1 fully saturated rings. The fraction of sp³-hybridized carbons (Fsp3) is 0.350. The number of piperidine rings is 1. The van der Waals surface area contributed by atoms with Crippen LogP contribution in [0.15, 0.2) is 52.3 Å². The number of sulfonamides is 2. The van der Waals surface area contributed by atoms with Crippen LogP contribution in [0.4, 0.5) is 5.69 Å². The number of halogens is 1. The molecule has 2 aromatic carbocycles. The molecule has 168 valence electrons. The maximum Gasteiger partial charge on any atom is 0.243 e. The van der Waals surface area contributed by atoms with Crippen LogP contribution >= 0.6 is 11.6 Å². The lowest BCUT2D eigenvalue weighted by Gasteiger charge is -2.30. The zero-order valence-electron chi connectivity index (χ0n) is 17.1. The molecule has 0 atom stereocenters. The number of nitrogens with zero attached hydrogens (tertiary/aromatic N) is 1. The van der Waals surface area contributed by atoms with Gasteiger partial charge < -0.3 is 5.32 Å². The first-order valence-electron chi connectivity index (χ1n) is 9.65. The average Bonchev–Trinajstić information content (AvgIpc) is 2.75. The van der Waals surface area contributed by atoms with E-state index in [2.05, 4.69) is 10.0 Å². The molecular formula is C20H24ClN3O5S2. The van der Waals surface area contributed by atoms with Gasteiger partial charge in [-0.2, -0.15) is 4.31 Å². The number of hydrogen-bond acceptors (Lipinski definition) is 5. The van der Waals surface area contributed by atoms with Crippen molar-refractivity contribution < 1.29 is 21.6 Å². The van der Waals surface area contributed by atoms with Gasteiger partial charge in [-0.05, 0) is 68.8 Å². The van der Waals surface area contributed by atoms with Crippen LogP contribution in [0.25, 0.3) is 0 Å². The highest BCUT2D eigenvalue weighted by Gasteiger charge is 2.32. The van der Waals surface area contributed by atoms with Crippen molar-refractivity contribution in [3.63, 3.8) is 0 Å². The number of carbonyl (C=O) groups is 1. The maximum absolute atomic E-state index is 12.8. The van der Waals surface area contributed by atoms with E-state index in [0.29, 0.717) is 23.6 Å². The Morgan fingerprint density at radius 3 is 2.16 bits per heavy atom. The molecule has 2 aromatic rings. The van der Waals surface area contributed by atoms with Gasteiger partial charge in [0.25, 0.3) is 0 Å². The quantitative estimate of drug-likeness (QED) is 0.653. The molecule has 0 radical (unpaired) electrons. The Morgan fingerprint density at radius 2 is 1.58 bits per heavy atom. The van der Waals surface area contributed by atoms with Gasteiger partial charge >= 0.3 is 0 Å². The fourth-order valence-electron chi connectivity index (χ4n) is 3.37. The minimum atomic E-state index is -3.65. The van der Waals surface area contributed by atoms with Crippen LogP contribution < -0.4 is 10.0 Å². The Bertz CT molecular complexity index is 1170. The smallest absolute Gasteiger partial charge is 0.243 e. The van der Waals surface area contributed by atoms with Crippen molar-refractivity contribution in [2.75, 3.05) is 25.5 Å². The van der Waals surface area contributed by atoms with Crippen molar-refractivity contribution in [3.8, 4) is 0 Å². The lowest BCUT2D eigenvalue weighted by molar-refractivity contribution is -0.120. The zero-order chi connectivity index (χ0) is 22.8. The van der Waals surface area contributed by atoms with Gasteiger partial charge in [0.15, 0.2) is 0 Å². The van der Waals surface area contributed by atoms with E-state index in [1.54, 1.807) is 13.0 Å². The molecular weight excluding hydrogens is 462 g/mol. The summed E-state index contributed by atoms with van der Waals surface area (Å²) in [5.74, 6) is -0.633. The zero-order valence-corrected chi connectivity index (χ0v) is 19.5. The number of carbonyl (C=O) groups excluding carboxylic acids is 1. The monoisotopic (exact) mass is 485 g/mol. The lowest BCUT2D eigenvalue weighted by Crippen LogP contribution is -2.41. The second-order valence-corrected chi connectivity index (χ2v) is 11.6. The third kappa shape index (κ3) is 5.27. The molecule has 0 unspecified atom stereocenters. The van der Waals surface area contributed by atoms with E-state index in [9.17, 15) is 21.6 Å². The van der Waals surface area contributed by atoms with Crippen molar-refractivity contribution in [2.45, 2.75) is 29.6 Å². The highest BCUT2D eigenvalue weighted by atomic mass is 35.5. The van der Waals surface area contributed by atoms with Crippen LogP contribution in [0, 0.1) is 12.8 Å². The Labute approximate surface area is 187 Å². The summed E-state index contributed by atoms with van der Waals surface area (Å²) < 4.78 is 53.2. The summed E-state index contributed by atoms with van der Waals surface area (Å²) >= 11 is 5.83. The van der Waals surface area contributed by atoms with E-state index in [4.69, 9.17) is 11.6 Å². The molecule has 1 amide bonds. The Balaban J connectivity index is 1.67. The number of amides is 1. The predicted octanol–water partition coefficient (Wildman–Crippen LogP) is 2.60. The van der Waals surface area contributed by atoms with Gasteiger partial charge in [-0.1, -0.05) is 17.7 Å². The largest absolute Gasteiger partial charge is 0.326 e. The molecule has 0 spiro atoms. The third-order valence-electron chi connectivity index (χ3n) is 5.32. The second-order valence-electron chi connectivity index (χ2n) is 7.31. The standard InChI is InChI=1S/C20H24ClN3O5S2/c1-14-3-6-18(30(26,27)22-2)13-19(14)23-20(25)15-9-11-24(12-10-15)31(28,29)17-7-4-16(21)5-8-17/h3-8,13,15,22H,9-12H2,1-2H3,(H,23,25). The molecule has 0 saturated carbocycles. The van der Waals surface area contributed by atoms with E-state index in [0.717, 1.165) is 5.56 Å².